The van der Waals surface area contributed by atoms with E-state index in [1.807, 2.05) is 31.2 Å². The molecule has 2 rings (SSSR count). The first kappa shape index (κ1) is 6.57. The quantitative estimate of drug-likeness (QED) is 0.708. The van der Waals surface area contributed by atoms with Gasteiger partial charge < -0.3 is 10.1 Å². The summed E-state index contributed by atoms with van der Waals surface area (Å²) in [5.74, 6) is 0. The molecule has 1 aliphatic rings. The third-order valence-electron chi connectivity index (χ3n) is 2.22. The lowest BCUT2D eigenvalue weighted by Gasteiger charge is -2.23. The van der Waals surface area contributed by atoms with E-state index in [2.05, 4.69) is 5.32 Å². The summed E-state index contributed by atoms with van der Waals surface area (Å²) in [6.45, 7) is 1.28. The molecule has 0 spiro atoms. The molecule has 13 heavy (non-hydrogen) atoms. The van der Waals surface area contributed by atoms with E-state index in [-0.39, 0.29) is 12.7 Å². The van der Waals surface area contributed by atoms with Crippen LogP contribution in [0.15, 0.2) is 24.3 Å². The fourth-order valence-corrected chi connectivity index (χ4v) is 1.41. The summed E-state index contributed by atoms with van der Waals surface area (Å²) in [6.07, 6.45) is -0.0329. The monoisotopic (exact) mass is 179 g/mol. The van der Waals surface area contributed by atoms with E-state index in [0.717, 1.165) is 5.56 Å². The molecule has 0 unspecified atom stereocenters. The van der Waals surface area contributed by atoms with Crippen molar-refractivity contribution >= 4 is 0 Å². The van der Waals surface area contributed by atoms with Gasteiger partial charge in [0.1, 0.15) is 0 Å². The summed E-state index contributed by atoms with van der Waals surface area (Å²) >= 11 is 0. The van der Waals surface area contributed by atoms with Gasteiger partial charge >= 0.3 is 0 Å². The van der Waals surface area contributed by atoms with Crippen molar-refractivity contribution in [2.45, 2.75) is 13.0 Å². The van der Waals surface area contributed by atoms with E-state index in [4.69, 9.17) is 7.48 Å². The van der Waals surface area contributed by atoms with Gasteiger partial charge in [-0.2, -0.15) is 0 Å². The zero-order chi connectivity index (χ0) is 10.9. The predicted octanol–water partition coefficient (Wildman–Crippen LogP) is 1.66. The standard InChI is InChI=1S/C11H15NO/c1-9-2-4-10(5-3-9)11-8-12-6-7-13-11/h2-5,11-12H,6-8H2,1H3/t11-/m0/s1/i6D2. The average Bonchev–Trinajstić information content (AvgIpc) is 2.20. The molecule has 0 aliphatic carbocycles. The Kier molecular flexibility index (Phi) is 1.97. The summed E-state index contributed by atoms with van der Waals surface area (Å²) < 4.78 is 20.4. The van der Waals surface area contributed by atoms with Crippen LogP contribution in [0.4, 0.5) is 0 Å². The van der Waals surface area contributed by atoms with Crippen LogP contribution in [-0.4, -0.2) is 19.6 Å². The van der Waals surface area contributed by atoms with Crippen LogP contribution in [0.1, 0.15) is 20.0 Å². The van der Waals surface area contributed by atoms with Crippen molar-refractivity contribution < 1.29 is 7.48 Å². The van der Waals surface area contributed by atoms with E-state index in [1.165, 1.54) is 5.56 Å². The second kappa shape index (κ2) is 3.90. The van der Waals surface area contributed by atoms with Crippen molar-refractivity contribution in [1.29, 1.82) is 0 Å². The molecule has 2 nitrogen and oxygen atoms in total. The predicted molar refractivity (Wildman–Crippen MR) is 52.7 cm³/mol. The van der Waals surface area contributed by atoms with Crippen molar-refractivity contribution in [3.8, 4) is 0 Å². The Hall–Kier alpha value is -0.860. The molecule has 70 valence electrons. The zero-order valence-corrected chi connectivity index (χ0v) is 7.71. The lowest BCUT2D eigenvalue weighted by Crippen LogP contribution is -2.33. The zero-order valence-electron chi connectivity index (χ0n) is 9.71. The summed E-state index contributed by atoms with van der Waals surface area (Å²) in [5, 5.41) is 2.83. The van der Waals surface area contributed by atoms with Crippen LogP contribution >= 0.6 is 0 Å². The molecule has 1 saturated heterocycles. The van der Waals surface area contributed by atoms with Crippen molar-refractivity contribution in [2.24, 2.45) is 0 Å². The van der Waals surface area contributed by atoms with Gasteiger partial charge in [0.2, 0.25) is 0 Å². The van der Waals surface area contributed by atoms with Gasteiger partial charge in [-0.1, -0.05) is 29.8 Å². The molecule has 0 aromatic heterocycles. The summed E-state index contributed by atoms with van der Waals surface area (Å²) in [5.41, 5.74) is 2.32. The second-order valence-electron chi connectivity index (χ2n) is 3.27. The van der Waals surface area contributed by atoms with Crippen LogP contribution in [0, 0.1) is 6.92 Å². The highest BCUT2D eigenvalue weighted by atomic mass is 16.5. The fourth-order valence-electron chi connectivity index (χ4n) is 1.41. The Morgan fingerprint density at radius 3 is 2.85 bits per heavy atom. The van der Waals surface area contributed by atoms with E-state index < -0.39 is 6.50 Å². The summed E-state index contributed by atoms with van der Waals surface area (Å²) in [7, 11) is 0. The summed E-state index contributed by atoms with van der Waals surface area (Å²) in [4.78, 5) is 0. The molecule has 1 fully saturated rings. The Balaban J connectivity index is 2.04. The average molecular weight is 179 g/mol. The molecule has 1 atom stereocenters. The number of hydrogen-bond acceptors (Lipinski definition) is 2. The number of hydrogen-bond donors (Lipinski definition) is 1. The Morgan fingerprint density at radius 1 is 1.46 bits per heavy atom. The second-order valence-corrected chi connectivity index (χ2v) is 3.27. The molecular weight excluding hydrogens is 162 g/mol. The van der Waals surface area contributed by atoms with Gasteiger partial charge in [0.15, 0.2) is 0 Å². The first-order valence-electron chi connectivity index (χ1n) is 5.50. The maximum absolute atomic E-state index is 7.44. The van der Waals surface area contributed by atoms with Crippen LogP contribution in [-0.2, 0) is 4.74 Å². The van der Waals surface area contributed by atoms with Gasteiger partial charge in [-0.05, 0) is 12.5 Å². The molecule has 1 aromatic carbocycles. The Bertz CT molecular complexity index is 327. The maximum atomic E-state index is 7.44. The molecular formula is C11H15NO. The lowest BCUT2D eigenvalue weighted by atomic mass is 10.1. The van der Waals surface area contributed by atoms with Crippen molar-refractivity contribution in [2.75, 3.05) is 19.6 Å². The molecule has 0 radical (unpaired) electrons. The first-order chi connectivity index (χ1) is 7.07. The number of morpholine rings is 1. The molecule has 0 bridgehead atoms. The molecule has 1 aliphatic heterocycles. The fraction of sp³-hybridized carbons (Fsp3) is 0.455. The Labute approximate surface area is 81.7 Å². The van der Waals surface area contributed by atoms with Gasteiger partial charge in [0.05, 0.1) is 12.7 Å². The van der Waals surface area contributed by atoms with Crippen LogP contribution in [0.2, 0.25) is 0 Å². The van der Waals surface area contributed by atoms with Gasteiger partial charge in [-0.15, -0.1) is 0 Å². The molecule has 0 saturated carbocycles. The summed E-state index contributed by atoms with van der Waals surface area (Å²) in [6, 6.07) is 8.15. The van der Waals surface area contributed by atoms with Crippen LogP contribution in [0.25, 0.3) is 0 Å². The lowest BCUT2D eigenvalue weighted by molar-refractivity contribution is 0.0277. The van der Waals surface area contributed by atoms with Crippen LogP contribution < -0.4 is 5.32 Å². The van der Waals surface area contributed by atoms with E-state index in [9.17, 15) is 0 Å². The minimum Gasteiger partial charge on any atom is -0.371 e. The van der Waals surface area contributed by atoms with Crippen LogP contribution in [0.5, 0.6) is 0 Å². The number of nitrogens with one attached hydrogen (secondary N) is 1. The van der Waals surface area contributed by atoms with E-state index in [0.29, 0.717) is 6.54 Å². The molecule has 1 heterocycles. The van der Waals surface area contributed by atoms with Gasteiger partial charge in [0.25, 0.3) is 0 Å². The third kappa shape index (κ3) is 2.08. The molecule has 0 amide bonds. The van der Waals surface area contributed by atoms with Gasteiger partial charge in [-0.25, -0.2) is 0 Å². The minimum atomic E-state index is -1.39. The normalized spacial score (nSPS) is 29.2. The van der Waals surface area contributed by atoms with Crippen molar-refractivity contribution in [3.05, 3.63) is 35.4 Å². The third-order valence-corrected chi connectivity index (χ3v) is 2.22. The highest BCUT2D eigenvalue weighted by Gasteiger charge is 2.14. The Morgan fingerprint density at radius 2 is 2.23 bits per heavy atom. The van der Waals surface area contributed by atoms with E-state index in [1.54, 1.807) is 0 Å². The SMILES string of the molecule is [2H]C1([2H])CO[C@H](c2ccc(C)cc2)CN1. The first-order valence-corrected chi connectivity index (χ1v) is 4.50. The van der Waals surface area contributed by atoms with Crippen LogP contribution in [0.3, 0.4) is 0 Å². The highest BCUT2D eigenvalue weighted by Crippen LogP contribution is 2.18. The number of ether oxygens (including phenoxy) is 1. The van der Waals surface area contributed by atoms with E-state index >= 15 is 0 Å². The molecule has 1 N–H and O–H groups in total. The topological polar surface area (TPSA) is 21.3 Å². The number of rotatable bonds is 1. The van der Waals surface area contributed by atoms with Crippen molar-refractivity contribution in [1.82, 2.24) is 5.32 Å². The molecule has 1 aromatic rings. The van der Waals surface area contributed by atoms with Gasteiger partial charge in [0, 0.05) is 15.8 Å². The highest BCUT2D eigenvalue weighted by molar-refractivity contribution is 5.23. The maximum Gasteiger partial charge on any atom is 0.0949 e. The van der Waals surface area contributed by atoms with Gasteiger partial charge in [-0.3, -0.25) is 0 Å². The number of aryl methyl sites for hydroxylation is 1. The minimum absolute atomic E-state index is 0.0329. The smallest absolute Gasteiger partial charge is 0.0949 e. The largest absolute Gasteiger partial charge is 0.371 e. The number of benzene rings is 1. The van der Waals surface area contributed by atoms with Crippen molar-refractivity contribution in [3.63, 3.8) is 0 Å². The molecule has 2 heteroatoms.